The Morgan fingerprint density at radius 3 is 2.77 bits per heavy atom. The third-order valence-electron chi connectivity index (χ3n) is 2.95. The van der Waals surface area contributed by atoms with Gasteiger partial charge in [0.05, 0.1) is 5.69 Å². The minimum absolute atomic E-state index is 0.0669. The first kappa shape index (κ1) is 16.7. The summed E-state index contributed by atoms with van der Waals surface area (Å²) in [4.78, 5) is 17.1. The molecule has 0 aliphatic rings. The molecule has 7 heteroatoms. The molecule has 2 aromatic rings. The molecule has 1 atom stereocenters. The summed E-state index contributed by atoms with van der Waals surface area (Å²) in [5, 5.41) is 4.24. The molecule has 0 fully saturated rings. The molecule has 0 aliphatic carbocycles. The van der Waals surface area contributed by atoms with Crippen molar-refractivity contribution < 1.29 is 9.53 Å². The number of ether oxygens (including phenoxy) is 1. The lowest BCUT2D eigenvalue weighted by Crippen LogP contribution is -2.37. The van der Waals surface area contributed by atoms with Gasteiger partial charge < -0.3 is 15.8 Å². The van der Waals surface area contributed by atoms with E-state index in [1.54, 1.807) is 24.3 Å². The molecule has 0 aliphatic heterocycles. The Labute approximate surface area is 138 Å². The monoisotopic (exact) mass is 339 g/mol. The van der Waals surface area contributed by atoms with Crippen molar-refractivity contribution in [1.82, 2.24) is 10.3 Å². The highest BCUT2D eigenvalue weighted by molar-refractivity contribution is 7.13. The number of carbonyl (C=O) groups is 1. The Morgan fingerprint density at radius 2 is 2.14 bits per heavy atom. The molecule has 0 bridgehead atoms. The van der Waals surface area contributed by atoms with E-state index in [1.165, 1.54) is 11.3 Å². The second-order valence-corrected chi connectivity index (χ2v) is 6.40. The topological polar surface area (TPSA) is 77.2 Å². The van der Waals surface area contributed by atoms with E-state index < -0.39 is 0 Å². The smallest absolute Gasteiger partial charge is 0.263 e. The summed E-state index contributed by atoms with van der Waals surface area (Å²) < 4.78 is 5.63. The summed E-state index contributed by atoms with van der Waals surface area (Å²) in [5.41, 5.74) is 6.20. The van der Waals surface area contributed by atoms with Crippen LogP contribution in [0.2, 0.25) is 5.02 Å². The van der Waals surface area contributed by atoms with Crippen LogP contribution in [0.15, 0.2) is 24.3 Å². The third-order valence-corrected chi connectivity index (χ3v) is 4.34. The van der Waals surface area contributed by atoms with Crippen LogP contribution >= 0.6 is 22.9 Å². The first-order valence-corrected chi connectivity index (χ1v) is 8.04. The molecule has 1 aromatic carbocycles. The Bertz CT molecular complexity index is 643. The maximum Gasteiger partial charge on any atom is 0.263 e. The van der Waals surface area contributed by atoms with E-state index in [1.807, 2.05) is 13.8 Å². The number of hydrogen-bond donors (Lipinski definition) is 2. The lowest BCUT2D eigenvalue weighted by atomic mass is 10.3. The number of halogens is 1. The minimum atomic E-state index is -0.148. The van der Waals surface area contributed by atoms with Crippen LogP contribution in [0, 0.1) is 6.92 Å². The van der Waals surface area contributed by atoms with Gasteiger partial charge in [-0.3, -0.25) is 4.79 Å². The second-order valence-electron chi connectivity index (χ2n) is 4.87. The van der Waals surface area contributed by atoms with Crippen molar-refractivity contribution in [2.75, 3.05) is 6.54 Å². The van der Waals surface area contributed by atoms with Gasteiger partial charge in [0.2, 0.25) is 0 Å². The van der Waals surface area contributed by atoms with Gasteiger partial charge in [0, 0.05) is 17.6 Å². The number of thiazole rings is 1. The zero-order valence-corrected chi connectivity index (χ0v) is 14.0. The van der Waals surface area contributed by atoms with Crippen LogP contribution in [0.3, 0.4) is 0 Å². The molecule has 2 rings (SSSR count). The molecule has 3 N–H and O–H groups in total. The van der Waals surface area contributed by atoms with Crippen LogP contribution in [-0.4, -0.2) is 23.5 Å². The molecular formula is C15H18ClN3O2S. The van der Waals surface area contributed by atoms with E-state index in [0.29, 0.717) is 34.5 Å². The maximum atomic E-state index is 12.1. The van der Waals surface area contributed by atoms with E-state index >= 15 is 0 Å². The number of benzene rings is 1. The van der Waals surface area contributed by atoms with Gasteiger partial charge in [0.25, 0.3) is 5.91 Å². The molecule has 1 aromatic heterocycles. The van der Waals surface area contributed by atoms with E-state index in [4.69, 9.17) is 22.1 Å². The van der Waals surface area contributed by atoms with E-state index in [9.17, 15) is 4.79 Å². The molecule has 0 radical (unpaired) electrons. The molecule has 0 unspecified atom stereocenters. The number of aromatic nitrogens is 1. The van der Waals surface area contributed by atoms with Crippen LogP contribution in [0.4, 0.5) is 0 Å². The van der Waals surface area contributed by atoms with Gasteiger partial charge in [-0.15, -0.1) is 11.3 Å². The molecule has 118 valence electrons. The zero-order chi connectivity index (χ0) is 16.1. The van der Waals surface area contributed by atoms with Crippen molar-refractivity contribution in [3.8, 4) is 5.75 Å². The number of carbonyl (C=O) groups excluding carboxylic acids is 1. The summed E-state index contributed by atoms with van der Waals surface area (Å²) in [7, 11) is 0. The maximum absolute atomic E-state index is 12.1. The number of aryl methyl sites for hydroxylation is 1. The van der Waals surface area contributed by atoms with Gasteiger partial charge in [-0.05, 0) is 38.1 Å². The summed E-state index contributed by atoms with van der Waals surface area (Å²) in [6.45, 7) is 4.38. The van der Waals surface area contributed by atoms with Crippen molar-refractivity contribution in [1.29, 1.82) is 0 Å². The number of amides is 1. The van der Waals surface area contributed by atoms with E-state index in [0.717, 1.165) is 5.01 Å². The minimum Gasteiger partial charge on any atom is -0.486 e. The van der Waals surface area contributed by atoms with Crippen LogP contribution in [0.5, 0.6) is 5.75 Å². The van der Waals surface area contributed by atoms with Crippen LogP contribution in [0.25, 0.3) is 0 Å². The van der Waals surface area contributed by atoms with Gasteiger partial charge in [0.1, 0.15) is 22.2 Å². The fourth-order valence-corrected chi connectivity index (χ4v) is 2.76. The molecule has 0 saturated heterocycles. The van der Waals surface area contributed by atoms with Crippen molar-refractivity contribution in [3.05, 3.63) is 44.9 Å². The molecule has 0 saturated carbocycles. The normalized spacial score (nSPS) is 12.0. The van der Waals surface area contributed by atoms with Gasteiger partial charge >= 0.3 is 0 Å². The predicted octanol–water partition coefficient (Wildman–Crippen LogP) is 2.76. The number of nitrogens with one attached hydrogen (secondary N) is 1. The highest BCUT2D eigenvalue weighted by Crippen LogP contribution is 2.21. The largest absolute Gasteiger partial charge is 0.486 e. The lowest BCUT2D eigenvalue weighted by molar-refractivity contribution is 0.0944. The fraction of sp³-hybridized carbons (Fsp3) is 0.333. The van der Waals surface area contributed by atoms with E-state index in [-0.39, 0.29) is 11.9 Å². The highest BCUT2D eigenvalue weighted by Gasteiger charge is 2.16. The van der Waals surface area contributed by atoms with Crippen LogP contribution in [-0.2, 0) is 6.61 Å². The third kappa shape index (κ3) is 4.43. The molecule has 22 heavy (non-hydrogen) atoms. The van der Waals surface area contributed by atoms with Gasteiger partial charge in [-0.1, -0.05) is 11.6 Å². The summed E-state index contributed by atoms with van der Waals surface area (Å²) in [6.07, 6.45) is 0. The van der Waals surface area contributed by atoms with Crippen molar-refractivity contribution in [2.45, 2.75) is 26.5 Å². The van der Waals surface area contributed by atoms with Crippen molar-refractivity contribution in [3.63, 3.8) is 0 Å². The van der Waals surface area contributed by atoms with Crippen LogP contribution < -0.4 is 15.8 Å². The van der Waals surface area contributed by atoms with Crippen molar-refractivity contribution in [2.24, 2.45) is 5.73 Å². The number of nitrogens with two attached hydrogens (primary N) is 1. The summed E-state index contributed by atoms with van der Waals surface area (Å²) >= 11 is 7.15. The zero-order valence-electron chi connectivity index (χ0n) is 12.4. The standard InChI is InChI=1S/C15H18ClN3O2S/c1-9(7-17)18-15(20)14-10(2)19-13(22-14)8-21-12-5-3-11(16)4-6-12/h3-6,9H,7-8,17H2,1-2H3,(H,18,20)/t9-/m0/s1. The Morgan fingerprint density at radius 1 is 1.45 bits per heavy atom. The number of hydrogen-bond acceptors (Lipinski definition) is 5. The molecule has 0 spiro atoms. The quantitative estimate of drug-likeness (QED) is 0.848. The van der Waals surface area contributed by atoms with Crippen LogP contribution in [0.1, 0.15) is 27.3 Å². The molecular weight excluding hydrogens is 322 g/mol. The predicted molar refractivity (Wildman–Crippen MR) is 88.6 cm³/mol. The Hall–Kier alpha value is -1.63. The SMILES string of the molecule is Cc1nc(COc2ccc(Cl)cc2)sc1C(=O)N[C@@H](C)CN. The lowest BCUT2D eigenvalue weighted by Gasteiger charge is -2.09. The average molecular weight is 340 g/mol. The Balaban J connectivity index is 2.00. The average Bonchev–Trinajstić information content (AvgIpc) is 2.87. The van der Waals surface area contributed by atoms with Gasteiger partial charge in [-0.25, -0.2) is 4.98 Å². The second kappa shape index (κ2) is 7.58. The van der Waals surface area contributed by atoms with Gasteiger partial charge in [-0.2, -0.15) is 0 Å². The number of nitrogens with zero attached hydrogens (tertiary/aromatic N) is 1. The van der Waals surface area contributed by atoms with Crippen molar-refractivity contribution >= 4 is 28.8 Å². The molecule has 1 amide bonds. The Kier molecular flexibility index (Phi) is 5.76. The summed E-state index contributed by atoms with van der Waals surface area (Å²) in [5.74, 6) is 0.561. The fourth-order valence-electron chi connectivity index (χ4n) is 1.75. The molecule has 1 heterocycles. The summed E-state index contributed by atoms with van der Waals surface area (Å²) in [6, 6.07) is 7.04. The molecule has 5 nitrogen and oxygen atoms in total. The number of rotatable bonds is 6. The van der Waals surface area contributed by atoms with E-state index in [2.05, 4.69) is 10.3 Å². The first-order chi connectivity index (χ1) is 10.5. The van der Waals surface area contributed by atoms with Gasteiger partial charge in [0.15, 0.2) is 0 Å². The first-order valence-electron chi connectivity index (χ1n) is 6.85. The highest BCUT2D eigenvalue weighted by atomic mass is 35.5.